The van der Waals surface area contributed by atoms with E-state index in [2.05, 4.69) is 15.5 Å². The molecule has 1 aliphatic rings. The fourth-order valence-electron chi connectivity index (χ4n) is 2.05. The highest BCUT2D eigenvalue weighted by molar-refractivity contribution is 5.78. The molecule has 1 atom stereocenters. The van der Waals surface area contributed by atoms with Gasteiger partial charge in [0.15, 0.2) is 0 Å². The Kier molecular flexibility index (Phi) is 3.85. The first-order valence-electron chi connectivity index (χ1n) is 5.77. The first-order valence-corrected chi connectivity index (χ1v) is 5.77. The average Bonchev–Trinajstić information content (AvgIpc) is 2.90. The normalized spacial score (nSPS) is 19.6. The predicted octanol–water partition coefficient (Wildman–Crippen LogP) is -0.915. The Balaban J connectivity index is 1.92. The third-order valence-electron chi connectivity index (χ3n) is 3.00. The number of carbonyl (C=O) groups excluding carboxylic acids is 2. The molecule has 0 saturated carbocycles. The lowest BCUT2D eigenvalue weighted by Gasteiger charge is -2.31. The summed E-state index contributed by atoms with van der Waals surface area (Å²) < 4.78 is 6.07. The maximum absolute atomic E-state index is 12.0. The summed E-state index contributed by atoms with van der Waals surface area (Å²) in [5.74, 6) is -0.563. The maximum atomic E-state index is 12.0. The molecule has 0 N–H and O–H groups in total. The van der Waals surface area contributed by atoms with Gasteiger partial charge in [-0.05, 0) is 23.3 Å². The van der Waals surface area contributed by atoms with E-state index in [1.165, 1.54) is 18.1 Å². The van der Waals surface area contributed by atoms with Gasteiger partial charge in [0, 0.05) is 13.1 Å². The van der Waals surface area contributed by atoms with Gasteiger partial charge in [0.05, 0.1) is 13.0 Å². The number of tetrazole rings is 1. The molecule has 1 fully saturated rings. The number of piperidine rings is 1. The van der Waals surface area contributed by atoms with Crippen LogP contribution >= 0.6 is 0 Å². The van der Waals surface area contributed by atoms with Gasteiger partial charge in [-0.2, -0.15) is 0 Å². The summed E-state index contributed by atoms with van der Waals surface area (Å²) in [7, 11) is 1.37. The summed E-state index contributed by atoms with van der Waals surface area (Å²) in [5, 5.41) is 10.6. The number of amides is 1. The quantitative estimate of drug-likeness (QED) is 0.647. The summed E-state index contributed by atoms with van der Waals surface area (Å²) in [6, 6.07) is 0. The summed E-state index contributed by atoms with van der Waals surface area (Å²) in [6.45, 7) is 1.17. The van der Waals surface area contributed by atoms with E-state index < -0.39 is 0 Å². The Bertz CT molecular complexity index is 419. The molecule has 1 aliphatic heterocycles. The summed E-state index contributed by atoms with van der Waals surface area (Å²) in [4.78, 5) is 25.1. The molecule has 1 amide bonds. The molecular weight excluding hydrogens is 238 g/mol. The van der Waals surface area contributed by atoms with Gasteiger partial charge in [0.2, 0.25) is 5.91 Å². The standard InChI is InChI=1S/C10H15N5O3/c1-18-10(17)8-3-2-4-14(5-8)9(16)6-15-7-11-12-13-15/h7-8H,2-6H2,1H3/t8-/m0/s1. The second-order valence-electron chi connectivity index (χ2n) is 4.21. The molecule has 18 heavy (non-hydrogen) atoms. The van der Waals surface area contributed by atoms with Gasteiger partial charge in [0.25, 0.3) is 0 Å². The van der Waals surface area contributed by atoms with E-state index >= 15 is 0 Å². The molecule has 0 radical (unpaired) electrons. The third kappa shape index (κ3) is 2.82. The van der Waals surface area contributed by atoms with Crippen molar-refractivity contribution in [1.29, 1.82) is 0 Å². The molecule has 0 aromatic carbocycles. The molecule has 8 nitrogen and oxygen atoms in total. The van der Waals surface area contributed by atoms with Crippen molar-refractivity contribution in [2.75, 3.05) is 20.2 Å². The van der Waals surface area contributed by atoms with Gasteiger partial charge in [-0.25, -0.2) is 4.68 Å². The zero-order valence-corrected chi connectivity index (χ0v) is 10.2. The van der Waals surface area contributed by atoms with Crippen LogP contribution in [0.25, 0.3) is 0 Å². The van der Waals surface area contributed by atoms with Crippen LogP contribution < -0.4 is 0 Å². The van der Waals surface area contributed by atoms with Gasteiger partial charge >= 0.3 is 5.97 Å². The lowest BCUT2D eigenvalue weighted by molar-refractivity contribution is -0.149. The number of ether oxygens (including phenoxy) is 1. The minimum atomic E-state index is -0.255. The van der Waals surface area contributed by atoms with E-state index in [9.17, 15) is 9.59 Å². The Morgan fingerprint density at radius 3 is 3.00 bits per heavy atom. The van der Waals surface area contributed by atoms with Crippen LogP contribution in [0.5, 0.6) is 0 Å². The predicted molar refractivity (Wildman–Crippen MR) is 59.1 cm³/mol. The minimum absolute atomic E-state index is 0.0871. The molecule has 0 aliphatic carbocycles. The molecule has 0 spiro atoms. The van der Waals surface area contributed by atoms with Crippen LogP contribution in [0.3, 0.4) is 0 Å². The van der Waals surface area contributed by atoms with E-state index in [0.29, 0.717) is 13.1 Å². The highest BCUT2D eigenvalue weighted by Crippen LogP contribution is 2.17. The fourth-order valence-corrected chi connectivity index (χ4v) is 2.05. The van der Waals surface area contributed by atoms with E-state index in [1.54, 1.807) is 4.90 Å². The number of aromatic nitrogens is 4. The minimum Gasteiger partial charge on any atom is -0.469 e. The second-order valence-corrected chi connectivity index (χ2v) is 4.21. The maximum Gasteiger partial charge on any atom is 0.310 e. The Morgan fingerprint density at radius 1 is 1.50 bits per heavy atom. The molecule has 2 rings (SSSR count). The zero-order chi connectivity index (χ0) is 13.0. The van der Waals surface area contributed by atoms with Crippen LogP contribution in [0.4, 0.5) is 0 Å². The van der Waals surface area contributed by atoms with Crippen LogP contribution in [0.15, 0.2) is 6.33 Å². The lowest BCUT2D eigenvalue weighted by atomic mass is 9.98. The van der Waals surface area contributed by atoms with Crippen molar-refractivity contribution in [3.05, 3.63) is 6.33 Å². The van der Waals surface area contributed by atoms with Crippen molar-refractivity contribution in [2.45, 2.75) is 19.4 Å². The molecule has 1 saturated heterocycles. The highest BCUT2D eigenvalue weighted by Gasteiger charge is 2.29. The number of nitrogens with zero attached hydrogens (tertiary/aromatic N) is 5. The molecule has 8 heteroatoms. The average molecular weight is 253 g/mol. The molecule has 2 heterocycles. The molecular formula is C10H15N5O3. The smallest absolute Gasteiger partial charge is 0.310 e. The van der Waals surface area contributed by atoms with Gasteiger partial charge in [-0.15, -0.1) is 5.10 Å². The number of likely N-dealkylation sites (tertiary alicyclic amines) is 1. The fraction of sp³-hybridized carbons (Fsp3) is 0.700. The molecule has 0 unspecified atom stereocenters. The SMILES string of the molecule is COC(=O)[C@H]1CCCN(C(=O)Cn2cnnn2)C1. The van der Waals surface area contributed by atoms with Crippen molar-refractivity contribution >= 4 is 11.9 Å². The number of carbonyl (C=O) groups is 2. The second kappa shape index (κ2) is 5.56. The van der Waals surface area contributed by atoms with Crippen molar-refractivity contribution in [3.8, 4) is 0 Å². The molecule has 1 aromatic heterocycles. The topological polar surface area (TPSA) is 90.2 Å². The van der Waals surface area contributed by atoms with Crippen molar-refractivity contribution in [2.24, 2.45) is 5.92 Å². The van der Waals surface area contributed by atoms with Crippen molar-refractivity contribution in [1.82, 2.24) is 25.1 Å². The number of rotatable bonds is 3. The van der Waals surface area contributed by atoms with Gasteiger partial charge < -0.3 is 9.64 Å². The number of hydrogen-bond acceptors (Lipinski definition) is 6. The summed E-state index contributed by atoms with van der Waals surface area (Å²) >= 11 is 0. The van der Waals surface area contributed by atoms with Crippen molar-refractivity contribution < 1.29 is 14.3 Å². The monoisotopic (exact) mass is 253 g/mol. The zero-order valence-electron chi connectivity index (χ0n) is 10.2. The van der Waals surface area contributed by atoms with E-state index in [1.807, 2.05) is 0 Å². The number of methoxy groups -OCH3 is 1. The first kappa shape index (κ1) is 12.5. The van der Waals surface area contributed by atoms with Crippen LogP contribution in [-0.4, -0.2) is 57.2 Å². The lowest BCUT2D eigenvalue weighted by Crippen LogP contribution is -2.44. The summed E-state index contributed by atoms with van der Waals surface area (Å²) in [6.07, 6.45) is 2.96. The van der Waals surface area contributed by atoms with E-state index in [-0.39, 0.29) is 24.3 Å². The van der Waals surface area contributed by atoms with Gasteiger partial charge in [-0.3, -0.25) is 9.59 Å². The van der Waals surface area contributed by atoms with Crippen LogP contribution in [-0.2, 0) is 20.9 Å². The third-order valence-corrected chi connectivity index (χ3v) is 3.00. The Morgan fingerprint density at radius 2 is 2.33 bits per heavy atom. The number of esters is 1. The molecule has 0 bridgehead atoms. The highest BCUT2D eigenvalue weighted by atomic mass is 16.5. The van der Waals surface area contributed by atoms with E-state index in [4.69, 9.17) is 4.74 Å². The van der Waals surface area contributed by atoms with Crippen LogP contribution in [0.1, 0.15) is 12.8 Å². The van der Waals surface area contributed by atoms with Gasteiger partial charge in [-0.1, -0.05) is 0 Å². The van der Waals surface area contributed by atoms with Crippen molar-refractivity contribution in [3.63, 3.8) is 0 Å². The first-order chi connectivity index (χ1) is 8.70. The summed E-state index contributed by atoms with van der Waals surface area (Å²) in [5.41, 5.74) is 0. The van der Waals surface area contributed by atoms with E-state index in [0.717, 1.165) is 12.8 Å². The largest absolute Gasteiger partial charge is 0.469 e. The Hall–Kier alpha value is -1.99. The van der Waals surface area contributed by atoms with Crippen LogP contribution in [0, 0.1) is 5.92 Å². The molecule has 1 aromatic rings. The van der Waals surface area contributed by atoms with Crippen LogP contribution in [0.2, 0.25) is 0 Å². The number of hydrogen-bond donors (Lipinski definition) is 0. The molecule has 98 valence electrons. The Labute approximate surface area is 104 Å². The van der Waals surface area contributed by atoms with Gasteiger partial charge in [0.1, 0.15) is 12.9 Å².